The number of hydrogen-bond donors (Lipinski definition) is 0. The van der Waals surface area contributed by atoms with Crippen LogP contribution in [-0.2, 0) is 4.43 Å². The van der Waals surface area contributed by atoms with Crippen molar-refractivity contribution in [1.29, 1.82) is 0 Å². The molecular weight excluding hydrogens is 388 g/mol. The molecule has 0 aromatic heterocycles. The van der Waals surface area contributed by atoms with E-state index in [1.54, 1.807) is 18.0 Å². The predicted octanol–water partition coefficient (Wildman–Crippen LogP) is 5.05. The first-order valence-corrected chi connectivity index (χ1v) is 12.7. The van der Waals surface area contributed by atoms with Gasteiger partial charge >= 0.3 is 0 Å². The summed E-state index contributed by atoms with van der Waals surface area (Å²) in [6, 6.07) is 2.67. The average molecular weight is 421 g/mol. The normalized spacial score (nSPS) is 17.3. The van der Waals surface area contributed by atoms with Gasteiger partial charge in [0.15, 0.2) is 8.32 Å². The number of nitro benzene ring substituents is 1. The van der Waals surface area contributed by atoms with E-state index >= 15 is 0 Å². The van der Waals surface area contributed by atoms with Crippen molar-refractivity contribution in [3.63, 3.8) is 0 Å². The van der Waals surface area contributed by atoms with E-state index in [0.29, 0.717) is 24.3 Å². The van der Waals surface area contributed by atoms with Crippen molar-refractivity contribution in [2.24, 2.45) is 0 Å². The maximum Gasteiger partial charge on any atom is 0.282 e. The first-order chi connectivity index (χ1) is 13.3. The highest BCUT2D eigenvalue weighted by atomic mass is 28.4. The molecule has 1 atom stereocenters. The fraction of sp³-hybridized carbons (Fsp3) is 0.571. The number of nitrogens with zero attached hydrogens (tertiary/aromatic N) is 2. The van der Waals surface area contributed by atoms with Gasteiger partial charge in [-0.3, -0.25) is 14.9 Å². The van der Waals surface area contributed by atoms with Crippen LogP contribution in [0.5, 0.6) is 5.75 Å². The molecule has 0 radical (unpaired) electrons. The van der Waals surface area contributed by atoms with Gasteiger partial charge < -0.3 is 14.1 Å². The minimum absolute atomic E-state index is 0.0285. The van der Waals surface area contributed by atoms with Crippen LogP contribution >= 0.6 is 0 Å². The van der Waals surface area contributed by atoms with Crippen molar-refractivity contribution >= 4 is 19.9 Å². The molecule has 0 saturated heterocycles. The Hall–Kier alpha value is -2.19. The summed E-state index contributed by atoms with van der Waals surface area (Å²) in [7, 11) is -0.494. The van der Waals surface area contributed by atoms with E-state index in [-0.39, 0.29) is 22.3 Å². The van der Waals surface area contributed by atoms with Gasteiger partial charge in [0.25, 0.3) is 11.6 Å². The number of ether oxygens (including phenoxy) is 1. The summed E-state index contributed by atoms with van der Waals surface area (Å²) in [5.41, 5.74) is 1.47. The second kappa shape index (κ2) is 8.28. The Morgan fingerprint density at radius 3 is 2.45 bits per heavy atom. The zero-order chi connectivity index (χ0) is 22.1. The molecule has 1 amide bonds. The molecular formula is C21H32N2O5Si. The molecule has 0 unspecified atom stereocenters. The third-order valence-corrected chi connectivity index (χ3v) is 10.4. The number of rotatable bonds is 6. The van der Waals surface area contributed by atoms with Crippen LogP contribution in [0.3, 0.4) is 0 Å². The monoisotopic (exact) mass is 420 g/mol. The molecule has 0 spiro atoms. The number of hydrogen-bond acceptors (Lipinski definition) is 5. The zero-order valence-corrected chi connectivity index (χ0v) is 19.7. The molecule has 1 aromatic carbocycles. The molecule has 8 heteroatoms. The van der Waals surface area contributed by atoms with Crippen LogP contribution in [0.15, 0.2) is 23.9 Å². The summed E-state index contributed by atoms with van der Waals surface area (Å²) in [4.78, 5) is 25.9. The molecule has 2 rings (SSSR count). The van der Waals surface area contributed by atoms with Crippen molar-refractivity contribution in [2.45, 2.75) is 65.2 Å². The smallest absolute Gasteiger partial charge is 0.282 e. The molecule has 160 valence electrons. The molecule has 1 aromatic rings. The van der Waals surface area contributed by atoms with Gasteiger partial charge in [0.2, 0.25) is 0 Å². The van der Waals surface area contributed by atoms with Gasteiger partial charge in [-0.25, -0.2) is 0 Å². The van der Waals surface area contributed by atoms with Gasteiger partial charge in [-0.1, -0.05) is 26.3 Å². The third kappa shape index (κ3) is 4.87. The molecule has 7 nitrogen and oxygen atoms in total. The van der Waals surface area contributed by atoms with Crippen molar-refractivity contribution in [2.75, 3.05) is 13.7 Å². The molecule has 1 aliphatic rings. The molecule has 1 heterocycles. The van der Waals surface area contributed by atoms with E-state index in [1.165, 1.54) is 19.2 Å². The molecule has 0 N–H and O–H groups in total. The van der Waals surface area contributed by atoms with E-state index in [4.69, 9.17) is 9.16 Å². The lowest BCUT2D eigenvalue weighted by molar-refractivity contribution is -0.385. The highest BCUT2D eigenvalue weighted by Gasteiger charge is 2.39. The second-order valence-corrected chi connectivity index (χ2v) is 14.0. The minimum Gasteiger partial charge on any atom is -0.496 e. The van der Waals surface area contributed by atoms with Crippen LogP contribution < -0.4 is 4.74 Å². The molecule has 1 aliphatic heterocycles. The zero-order valence-electron chi connectivity index (χ0n) is 18.7. The lowest BCUT2D eigenvalue weighted by atomic mass is 10.1. The van der Waals surface area contributed by atoms with Crippen LogP contribution in [-0.4, -0.2) is 43.8 Å². The Labute approximate surface area is 174 Å². The largest absolute Gasteiger partial charge is 0.496 e. The first kappa shape index (κ1) is 23.1. The Bertz CT molecular complexity index is 842. The molecule has 0 bridgehead atoms. The number of amides is 1. The van der Waals surface area contributed by atoms with Crippen LogP contribution in [0.2, 0.25) is 18.1 Å². The predicted molar refractivity (Wildman–Crippen MR) is 116 cm³/mol. The van der Waals surface area contributed by atoms with Crippen LogP contribution in [0, 0.1) is 17.0 Å². The van der Waals surface area contributed by atoms with Crippen LogP contribution in [0.1, 0.15) is 50.0 Å². The van der Waals surface area contributed by atoms with Gasteiger partial charge in [0.05, 0.1) is 24.7 Å². The number of carbonyl (C=O) groups excluding carboxylic acids is 1. The lowest BCUT2D eigenvalue weighted by Crippen LogP contribution is -2.45. The van der Waals surface area contributed by atoms with Crippen molar-refractivity contribution in [1.82, 2.24) is 4.90 Å². The number of carbonyl (C=O) groups is 1. The summed E-state index contributed by atoms with van der Waals surface area (Å²) < 4.78 is 11.6. The summed E-state index contributed by atoms with van der Waals surface area (Å²) in [6.45, 7) is 14.9. The van der Waals surface area contributed by atoms with Gasteiger partial charge in [-0.15, -0.1) is 0 Å². The fourth-order valence-electron chi connectivity index (χ4n) is 3.10. The Balaban J connectivity index is 2.34. The number of nitro groups is 1. The van der Waals surface area contributed by atoms with Gasteiger partial charge in [0.1, 0.15) is 11.3 Å². The van der Waals surface area contributed by atoms with E-state index in [2.05, 4.69) is 33.9 Å². The van der Waals surface area contributed by atoms with Crippen molar-refractivity contribution in [3.05, 3.63) is 45.1 Å². The van der Waals surface area contributed by atoms with Gasteiger partial charge in [-0.2, -0.15) is 0 Å². The van der Waals surface area contributed by atoms with Gasteiger partial charge in [0, 0.05) is 18.3 Å². The minimum atomic E-state index is -1.98. The molecule has 29 heavy (non-hydrogen) atoms. The number of benzene rings is 1. The highest BCUT2D eigenvalue weighted by Crippen LogP contribution is 2.38. The standard InChI is InChI=1S/C21H32N2O5Si/c1-14-9-16(13-28-29(7,8)21(3,4)5)22(12-14)20(24)17-11-19(27-6)15(2)10-18(17)23(25)26/h10-12,16H,9,13H2,1-8H3/t16-/m0/s1. The molecule has 0 fully saturated rings. The summed E-state index contributed by atoms with van der Waals surface area (Å²) in [5.74, 6) is 0.0450. The van der Waals surface area contributed by atoms with E-state index in [9.17, 15) is 14.9 Å². The Kier molecular flexibility index (Phi) is 6.59. The number of aryl methyl sites for hydroxylation is 1. The highest BCUT2D eigenvalue weighted by molar-refractivity contribution is 6.74. The summed E-state index contributed by atoms with van der Waals surface area (Å²) in [6.07, 6.45) is 2.47. The quantitative estimate of drug-likeness (QED) is 0.365. The van der Waals surface area contributed by atoms with E-state index in [1.807, 2.05) is 6.92 Å². The third-order valence-electron chi connectivity index (χ3n) is 5.93. The maximum atomic E-state index is 13.3. The lowest BCUT2D eigenvalue weighted by Gasteiger charge is -2.38. The number of methoxy groups -OCH3 is 1. The van der Waals surface area contributed by atoms with E-state index in [0.717, 1.165) is 5.57 Å². The fourth-order valence-corrected chi connectivity index (χ4v) is 4.15. The first-order valence-electron chi connectivity index (χ1n) is 9.75. The summed E-state index contributed by atoms with van der Waals surface area (Å²) in [5, 5.41) is 11.6. The van der Waals surface area contributed by atoms with Crippen molar-refractivity contribution < 1.29 is 18.9 Å². The molecule has 0 aliphatic carbocycles. The van der Waals surface area contributed by atoms with Crippen LogP contribution in [0.4, 0.5) is 5.69 Å². The van der Waals surface area contributed by atoms with Crippen molar-refractivity contribution in [3.8, 4) is 5.75 Å². The van der Waals surface area contributed by atoms with E-state index < -0.39 is 19.1 Å². The average Bonchev–Trinajstić information content (AvgIpc) is 2.99. The summed E-state index contributed by atoms with van der Waals surface area (Å²) >= 11 is 0. The second-order valence-electron chi connectivity index (χ2n) is 9.21. The molecule has 0 saturated carbocycles. The van der Waals surface area contributed by atoms with Crippen LogP contribution in [0.25, 0.3) is 0 Å². The van der Waals surface area contributed by atoms with Gasteiger partial charge in [-0.05, 0) is 44.0 Å². The Morgan fingerprint density at radius 1 is 1.31 bits per heavy atom. The Morgan fingerprint density at radius 2 is 1.93 bits per heavy atom. The maximum absolute atomic E-state index is 13.3. The SMILES string of the molecule is COc1cc(C(=O)N2C=C(C)C[C@H]2CO[Si](C)(C)C(C)(C)C)c([N+](=O)[O-])cc1C. The topological polar surface area (TPSA) is 81.9 Å².